The molecule has 0 saturated carbocycles. The molecule has 4 atom stereocenters. The molecule has 0 spiro atoms. The molecule has 0 aromatic heterocycles. The topological polar surface area (TPSA) is 112 Å². The summed E-state index contributed by atoms with van der Waals surface area (Å²) >= 11 is 0. The summed E-state index contributed by atoms with van der Waals surface area (Å²) in [6.45, 7) is 5.78. The summed E-state index contributed by atoms with van der Waals surface area (Å²) in [4.78, 5) is 44.0. The summed E-state index contributed by atoms with van der Waals surface area (Å²) < 4.78 is 11.9. The fraction of sp³-hybridized carbons (Fsp3) is 0.444. The van der Waals surface area contributed by atoms with Crippen molar-refractivity contribution in [2.45, 2.75) is 69.9 Å². The van der Waals surface area contributed by atoms with Crippen molar-refractivity contribution < 1.29 is 29.0 Å². The lowest BCUT2D eigenvalue weighted by molar-refractivity contribution is -0.136. The van der Waals surface area contributed by atoms with Crippen LogP contribution in [0.1, 0.15) is 83.5 Å². The number of nitrogens with zero attached hydrogens (tertiary/aromatic N) is 3. The summed E-state index contributed by atoms with van der Waals surface area (Å²) in [7, 11) is 1.58. The summed E-state index contributed by atoms with van der Waals surface area (Å²) in [6.07, 6.45) is 16.0. The van der Waals surface area contributed by atoms with Crippen molar-refractivity contribution in [3.8, 4) is 17.2 Å². The van der Waals surface area contributed by atoms with Crippen LogP contribution in [0.4, 0.5) is 5.69 Å². The maximum Gasteiger partial charge on any atom is 0.258 e. The second-order valence-corrected chi connectivity index (χ2v) is 15.7. The van der Waals surface area contributed by atoms with E-state index in [1.54, 1.807) is 12.0 Å². The van der Waals surface area contributed by atoms with Gasteiger partial charge in [-0.1, -0.05) is 42.5 Å². The lowest BCUT2D eigenvalue weighted by atomic mass is 9.66. The van der Waals surface area contributed by atoms with Gasteiger partial charge in [-0.15, -0.1) is 0 Å². The number of amides is 3. The van der Waals surface area contributed by atoms with Crippen LogP contribution in [0.15, 0.2) is 78.9 Å². The average molecular weight is 745 g/mol. The smallest absolute Gasteiger partial charge is 0.258 e. The van der Waals surface area contributed by atoms with Crippen molar-refractivity contribution in [3.05, 3.63) is 107 Å². The van der Waals surface area contributed by atoms with Gasteiger partial charge in [-0.3, -0.25) is 24.6 Å². The predicted molar refractivity (Wildman–Crippen MR) is 212 cm³/mol. The van der Waals surface area contributed by atoms with E-state index in [9.17, 15) is 19.5 Å². The number of allylic oxidation sites excluding steroid dienone is 4. The lowest BCUT2D eigenvalue weighted by Gasteiger charge is -2.38. The largest absolute Gasteiger partial charge is 0.508 e. The van der Waals surface area contributed by atoms with Crippen LogP contribution in [0.3, 0.4) is 0 Å². The van der Waals surface area contributed by atoms with Crippen LogP contribution < -0.4 is 19.7 Å². The van der Waals surface area contributed by atoms with Crippen LogP contribution in [0.25, 0.3) is 0 Å². The molecule has 2 fully saturated rings. The van der Waals surface area contributed by atoms with E-state index in [4.69, 9.17) is 9.47 Å². The van der Waals surface area contributed by atoms with Crippen molar-refractivity contribution in [2.24, 2.45) is 11.8 Å². The van der Waals surface area contributed by atoms with Gasteiger partial charge in [-0.05, 0) is 116 Å². The second-order valence-electron chi connectivity index (χ2n) is 15.7. The molecule has 0 radical (unpaired) electrons. The highest BCUT2D eigenvalue weighted by Gasteiger charge is 2.41. The number of hydrogen-bond acceptors (Lipinski definition) is 8. The number of methoxy groups -OCH3 is 1. The van der Waals surface area contributed by atoms with E-state index >= 15 is 0 Å². The van der Waals surface area contributed by atoms with Gasteiger partial charge in [0, 0.05) is 56.8 Å². The number of rotatable bonds is 12. The van der Waals surface area contributed by atoms with Gasteiger partial charge in [-0.2, -0.15) is 0 Å². The molecule has 5 aliphatic rings. The van der Waals surface area contributed by atoms with Gasteiger partial charge in [0.15, 0.2) is 0 Å². The van der Waals surface area contributed by atoms with Crippen molar-refractivity contribution in [2.75, 3.05) is 51.3 Å². The Morgan fingerprint density at radius 2 is 1.71 bits per heavy atom. The minimum Gasteiger partial charge on any atom is -0.508 e. The third-order valence-electron chi connectivity index (χ3n) is 12.4. The molecule has 8 rings (SSSR count). The Morgan fingerprint density at radius 1 is 0.873 bits per heavy atom. The van der Waals surface area contributed by atoms with Gasteiger partial charge < -0.3 is 24.4 Å². The minimum absolute atomic E-state index is 0.218. The number of imide groups is 1. The van der Waals surface area contributed by atoms with E-state index < -0.39 is 11.9 Å². The molecular formula is C45H52N4O6. The molecular weight excluding hydrogens is 693 g/mol. The standard InChI is InChI=1S/C45H52N4O6/c1-54-40-28-34(26-33-29-49(45(53)43(33)40)39-18-19-41(51)46-44(39)52)48-23-21-47(22-24-48)20-6-3-7-25-55-36-14-10-31(11-15-36)42-37(30-8-4-2-5-9-30)16-12-32-27-35(50)13-17-38(32)42/h2,4-5,8,10-11,13-15,17,26-28,30,37,39,42,50H,3,6-7,9,12,16,18-25,29H2,1H3,(H,46,51,52)/t30?,37-,39+,42+/m1/s1. The number of phenols is 1. The molecule has 0 bridgehead atoms. The van der Waals surface area contributed by atoms with Gasteiger partial charge in [-0.25, -0.2) is 0 Å². The first-order valence-electron chi connectivity index (χ1n) is 20.1. The van der Waals surface area contributed by atoms with E-state index in [1.807, 2.05) is 18.2 Å². The summed E-state index contributed by atoms with van der Waals surface area (Å²) in [5.41, 5.74) is 6.32. The van der Waals surface area contributed by atoms with Gasteiger partial charge in [0.25, 0.3) is 5.91 Å². The molecule has 3 aliphatic heterocycles. The van der Waals surface area contributed by atoms with E-state index in [0.29, 0.717) is 54.4 Å². The molecule has 10 nitrogen and oxygen atoms in total. The highest BCUT2D eigenvalue weighted by Crippen LogP contribution is 2.47. The number of piperazine rings is 1. The number of piperidine rings is 1. The van der Waals surface area contributed by atoms with Gasteiger partial charge in [0.1, 0.15) is 23.3 Å². The number of hydrogen-bond donors (Lipinski definition) is 2. The van der Waals surface area contributed by atoms with Gasteiger partial charge in [0.2, 0.25) is 11.8 Å². The number of benzene rings is 3. The normalized spacial score (nSPS) is 23.8. The number of ether oxygens (including phenoxy) is 2. The SMILES string of the molecule is COc1cc(N2CCN(CCCCCOc3ccc([C@@H]4c5ccc(O)cc5CC[C@@H]4C4C=CC=CC4)cc3)CC2)cc2c1C(=O)N([C@H]1CCC(=O)NC1=O)C2. The number of phenolic OH excluding ortho intramolecular Hbond substituents is 1. The maximum absolute atomic E-state index is 13.4. The first-order chi connectivity index (χ1) is 26.9. The van der Waals surface area contributed by atoms with Crippen molar-refractivity contribution in [1.29, 1.82) is 0 Å². The predicted octanol–water partition coefficient (Wildman–Crippen LogP) is 6.36. The van der Waals surface area contributed by atoms with Gasteiger partial charge in [0.05, 0.1) is 19.3 Å². The van der Waals surface area contributed by atoms with Crippen LogP contribution in [0.5, 0.6) is 17.2 Å². The van der Waals surface area contributed by atoms with Crippen molar-refractivity contribution >= 4 is 23.4 Å². The average Bonchev–Trinajstić information content (AvgIpc) is 3.54. The summed E-state index contributed by atoms with van der Waals surface area (Å²) in [6, 6.07) is 18.0. The Hall–Kier alpha value is -5.09. The highest BCUT2D eigenvalue weighted by atomic mass is 16.5. The van der Waals surface area contributed by atoms with Crippen molar-refractivity contribution in [3.63, 3.8) is 0 Å². The molecule has 2 N–H and O–H groups in total. The monoisotopic (exact) mass is 744 g/mol. The number of aromatic hydroxyl groups is 1. The third-order valence-corrected chi connectivity index (χ3v) is 12.4. The molecule has 2 saturated heterocycles. The molecule has 1 unspecified atom stereocenters. The summed E-state index contributed by atoms with van der Waals surface area (Å²) in [5, 5.41) is 12.5. The summed E-state index contributed by atoms with van der Waals surface area (Å²) in [5.74, 6) is 2.20. The van der Waals surface area contributed by atoms with Crippen LogP contribution >= 0.6 is 0 Å². The number of nitrogens with one attached hydrogen (secondary N) is 1. The van der Waals surface area contributed by atoms with Crippen LogP contribution in [0, 0.1) is 11.8 Å². The highest BCUT2D eigenvalue weighted by molar-refractivity contribution is 6.06. The maximum atomic E-state index is 13.4. The number of carbonyl (C=O) groups is 3. The molecule has 2 aliphatic carbocycles. The number of fused-ring (bicyclic) bond motifs is 2. The van der Waals surface area contributed by atoms with E-state index in [-0.39, 0.29) is 18.2 Å². The first kappa shape index (κ1) is 36.9. The lowest BCUT2D eigenvalue weighted by Crippen LogP contribution is -2.52. The Bertz CT molecular complexity index is 1970. The minimum atomic E-state index is -0.647. The van der Waals surface area contributed by atoms with Crippen molar-refractivity contribution in [1.82, 2.24) is 15.1 Å². The third kappa shape index (κ3) is 7.87. The van der Waals surface area contributed by atoms with E-state index in [2.05, 4.69) is 75.8 Å². The Morgan fingerprint density at radius 3 is 2.47 bits per heavy atom. The fourth-order valence-corrected chi connectivity index (χ4v) is 9.44. The van der Waals surface area contributed by atoms with E-state index in [1.165, 1.54) is 16.7 Å². The number of unbranched alkanes of at least 4 members (excludes halogenated alkanes) is 2. The zero-order valence-electron chi connectivity index (χ0n) is 31.8. The molecule has 3 amide bonds. The Labute approximate surface area is 323 Å². The van der Waals surface area contributed by atoms with Crippen LogP contribution in [-0.2, 0) is 22.6 Å². The second kappa shape index (κ2) is 16.3. The zero-order chi connectivity index (χ0) is 37.9. The fourth-order valence-electron chi connectivity index (χ4n) is 9.44. The molecule has 10 heteroatoms. The number of aryl methyl sites for hydroxylation is 1. The quantitative estimate of drug-likeness (QED) is 0.163. The number of anilines is 1. The molecule has 3 aromatic rings. The Balaban J connectivity index is 0.787. The van der Waals surface area contributed by atoms with Crippen LogP contribution in [-0.4, -0.2) is 85.1 Å². The molecule has 288 valence electrons. The number of carbonyl (C=O) groups excluding carboxylic acids is 3. The zero-order valence-corrected chi connectivity index (χ0v) is 31.8. The van der Waals surface area contributed by atoms with Crippen LogP contribution in [0.2, 0.25) is 0 Å². The molecule has 55 heavy (non-hydrogen) atoms. The molecule has 3 heterocycles. The Kier molecular flexibility index (Phi) is 10.9. The van der Waals surface area contributed by atoms with Gasteiger partial charge >= 0.3 is 0 Å². The molecule has 3 aromatic carbocycles. The van der Waals surface area contributed by atoms with E-state index in [0.717, 1.165) is 88.2 Å². The first-order valence-corrected chi connectivity index (χ1v) is 20.1.